The first-order valence-electron chi connectivity index (χ1n) is 13.8. The second-order valence-corrected chi connectivity index (χ2v) is 11.0. The third-order valence-corrected chi connectivity index (χ3v) is 8.30. The quantitative estimate of drug-likeness (QED) is 0.151. The molecule has 0 radical (unpaired) electrons. The normalized spacial score (nSPS) is 19.2. The van der Waals surface area contributed by atoms with Crippen molar-refractivity contribution in [2.45, 2.75) is 39.3 Å². The van der Waals surface area contributed by atoms with Gasteiger partial charge in [-0.2, -0.15) is 0 Å². The van der Waals surface area contributed by atoms with E-state index in [1.165, 1.54) is 23.3 Å². The molecule has 2 atom stereocenters. The zero-order chi connectivity index (χ0) is 29.5. The van der Waals surface area contributed by atoms with Crippen molar-refractivity contribution in [2.24, 2.45) is 0 Å². The van der Waals surface area contributed by atoms with Gasteiger partial charge in [-0.3, -0.25) is 14.5 Å². The maximum Gasteiger partial charge on any atom is 0.301 e. The molecule has 0 bridgehead atoms. The van der Waals surface area contributed by atoms with E-state index >= 15 is 0 Å². The average Bonchev–Trinajstić information content (AvgIpc) is 3.65. The van der Waals surface area contributed by atoms with Gasteiger partial charge in [0.1, 0.15) is 23.4 Å². The molecule has 1 amide bonds. The number of anilines is 1. The molecule has 1 fully saturated rings. The Morgan fingerprint density at radius 2 is 1.86 bits per heavy atom. The van der Waals surface area contributed by atoms with E-state index in [0.717, 1.165) is 16.0 Å². The van der Waals surface area contributed by atoms with E-state index in [-0.39, 0.29) is 17.4 Å². The van der Waals surface area contributed by atoms with E-state index in [1.54, 1.807) is 30.3 Å². The van der Waals surface area contributed by atoms with E-state index < -0.39 is 17.7 Å². The smallest absolute Gasteiger partial charge is 0.301 e. The molecule has 1 aromatic heterocycles. The van der Waals surface area contributed by atoms with Gasteiger partial charge in [0.25, 0.3) is 5.78 Å². The predicted molar refractivity (Wildman–Crippen MR) is 160 cm³/mol. The average molecular weight is 587 g/mol. The number of nitrogens with zero attached hydrogens (tertiary/aromatic N) is 2. The molecule has 9 nitrogen and oxygen atoms in total. The van der Waals surface area contributed by atoms with Gasteiger partial charge >= 0.3 is 5.91 Å². The highest BCUT2D eigenvalue weighted by atomic mass is 32.1. The Morgan fingerprint density at radius 1 is 1.05 bits per heavy atom. The van der Waals surface area contributed by atoms with Crippen molar-refractivity contribution >= 4 is 44.1 Å². The summed E-state index contributed by atoms with van der Waals surface area (Å²) in [6.07, 6.45) is 0.696. The molecule has 0 spiro atoms. The number of amides is 1. The van der Waals surface area contributed by atoms with Crippen LogP contribution in [0.4, 0.5) is 5.13 Å². The first-order valence-corrected chi connectivity index (χ1v) is 14.6. The molecule has 3 aromatic carbocycles. The Balaban J connectivity index is 1.53. The number of aliphatic hydroxyl groups excluding tert-OH is 1. The van der Waals surface area contributed by atoms with Crippen LogP contribution in [-0.4, -0.2) is 48.2 Å². The number of hydrogen-bond acceptors (Lipinski definition) is 9. The van der Waals surface area contributed by atoms with Gasteiger partial charge in [-0.1, -0.05) is 17.4 Å². The summed E-state index contributed by atoms with van der Waals surface area (Å²) in [4.78, 5) is 33.5. The Morgan fingerprint density at radius 3 is 2.62 bits per heavy atom. The molecule has 6 rings (SSSR count). The van der Waals surface area contributed by atoms with Crippen LogP contribution in [0.2, 0.25) is 0 Å². The number of carbonyl (C=O) groups is 2. The summed E-state index contributed by atoms with van der Waals surface area (Å²) in [5.74, 6) is 0.543. The van der Waals surface area contributed by atoms with Crippen LogP contribution in [0.5, 0.6) is 23.0 Å². The fraction of sp³-hybridized carbons (Fsp3) is 0.281. The lowest BCUT2D eigenvalue weighted by Crippen LogP contribution is -2.29. The van der Waals surface area contributed by atoms with Crippen LogP contribution in [0.1, 0.15) is 43.5 Å². The number of hydrogen-bond donors (Lipinski definition) is 1. The molecule has 2 aliphatic heterocycles. The van der Waals surface area contributed by atoms with E-state index in [0.29, 0.717) is 58.7 Å². The summed E-state index contributed by atoms with van der Waals surface area (Å²) in [5, 5.41) is 12.0. The molecule has 1 saturated heterocycles. The highest BCUT2D eigenvalue weighted by Gasteiger charge is 2.48. The van der Waals surface area contributed by atoms with Crippen molar-refractivity contribution in [3.63, 3.8) is 0 Å². The van der Waals surface area contributed by atoms with Gasteiger partial charge in [-0.05, 0) is 80.4 Å². The lowest BCUT2D eigenvalue weighted by Gasteiger charge is -2.24. The summed E-state index contributed by atoms with van der Waals surface area (Å²) < 4.78 is 23.5. The van der Waals surface area contributed by atoms with Gasteiger partial charge in [0.2, 0.25) is 0 Å². The molecule has 2 unspecified atom stereocenters. The first-order chi connectivity index (χ1) is 20.3. The second-order valence-electron chi connectivity index (χ2n) is 10.0. The fourth-order valence-electron chi connectivity index (χ4n) is 5.45. The molecular formula is C32H30N2O7S. The molecule has 216 valence electrons. The number of fused-ring (bicyclic) bond motifs is 2. The molecule has 2 aliphatic rings. The van der Waals surface area contributed by atoms with Crippen LogP contribution >= 0.6 is 11.3 Å². The molecule has 0 saturated carbocycles. The topological polar surface area (TPSA) is 107 Å². The molecule has 10 heteroatoms. The number of aliphatic hydroxyl groups is 1. The number of thiazole rings is 1. The van der Waals surface area contributed by atoms with Crippen LogP contribution < -0.4 is 23.8 Å². The number of carbonyl (C=O) groups excluding carboxylic acids is 2. The van der Waals surface area contributed by atoms with Gasteiger partial charge in [0, 0.05) is 12.0 Å². The van der Waals surface area contributed by atoms with E-state index in [4.69, 9.17) is 23.9 Å². The minimum absolute atomic E-state index is 0.0153. The monoisotopic (exact) mass is 586 g/mol. The third-order valence-electron chi connectivity index (χ3n) is 7.28. The lowest BCUT2D eigenvalue weighted by molar-refractivity contribution is -0.132. The summed E-state index contributed by atoms with van der Waals surface area (Å²) in [6, 6.07) is 15.0. The molecule has 4 aromatic rings. The standard InChI is InChI=1S/C32H30N2O7S/c1-5-39-21-9-10-22-26(16-21)42-32(33-22)34-28(18-7-12-24(40-6-2)25(15-18)38-4)27(30(36)31(34)37)29(35)19-8-11-23-20(14-19)13-17(3)41-23/h7-12,14-17,28,35H,5-6,13H2,1-4H3. The molecular weight excluding hydrogens is 556 g/mol. The van der Waals surface area contributed by atoms with Gasteiger partial charge in [0.05, 0.1) is 42.2 Å². The second kappa shape index (κ2) is 11.0. The number of aromatic nitrogens is 1. The van der Waals surface area contributed by atoms with E-state index in [2.05, 4.69) is 0 Å². The van der Waals surface area contributed by atoms with Crippen LogP contribution in [0.3, 0.4) is 0 Å². The number of benzene rings is 3. The summed E-state index contributed by atoms with van der Waals surface area (Å²) in [5.41, 5.74) is 2.54. The Bertz CT molecular complexity index is 1740. The maximum atomic E-state index is 13.7. The van der Waals surface area contributed by atoms with Gasteiger partial charge in [-0.25, -0.2) is 4.98 Å². The number of Topliss-reactive ketones (excluding diaryl/α,β-unsaturated/α-hetero) is 1. The minimum atomic E-state index is -0.968. The van der Waals surface area contributed by atoms with Crippen LogP contribution in [0.15, 0.2) is 60.2 Å². The van der Waals surface area contributed by atoms with Crippen molar-refractivity contribution in [2.75, 3.05) is 25.2 Å². The minimum Gasteiger partial charge on any atom is -0.507 e. The number of rotatable bonds is 8. The SMILES string of the molecule is CCOc1ccc2nc(N3C(=O)C(=O)C(=C(O)c4ccc5c(c4)CC(C)O5)C3c3ccc(OCC)c(OC)c3)sc2c1. The van der Waals surface area contributed by atoms with Crippen molar-refractivity contribution in [1.29, 1.82) is 0 Å². The summed E-state index contributed by atoms with van der Waals surface area (Å²) in [7, 11) is 1.52. The Hall–Kier alpha value is -4.57. The van der Waals surface area contributed by atoms with Gasteiger partial charge < -0.3 is 24.1 Å². The Kier molecular flexibility index (Phi) is 7.24. The van der Waals surface area contributed by atoms with Gasteiger partial charge in [-0.15, -0.1) is 0 Å². The number of methoxy groups -OCH3 is 1. The van der Waals surface area contributed by atoms with Crippen LogP contribution in [0.25, 0.3) is 16.0 Å². The highest BCUT2D eigenvalue weighted by molar-refractivity contribution is 7.22. The largest absolute Gasteiger partial charge is 0.507 e. The summed E-state index contributed by atoms with van der Waals surface area (Å²) >= 11 is 1.27. The van der Waals surface area contributed by atoms with Crippen molar-refractivity contribution in [3.8, 4) is 23.0 Å². The zero-order valence-corrected chi connectivity index (χ0v) is 24.5. The maximum absolute atomic E-state index is 13.7. The van der Waals surface area contributed by atoms with Crippen molar-refractivity contribution in [3.05, 3.63) is 76.9 Å². The molecule has 42 heavy (non-hydrogen) atoms. The predicted octanol–water partition coefficient (Wildman–Crippen LogP) is 6.05. The highest BCUT2D eigenvalue weighted by Crippen LogP contribution is 2.46. The molecule has 1 N–H and O–H groups in total. The third kappa shape index (κ3) is 4.71. The Labute approximate surface area is 246 Å². The fourth-order valence-corrected chi connectivity index (χ4v) is 6.47. The van der Waals surface area contributed by atoms with Crippen LogP contribution in [-0.2, 0) is 16.0 Å². The van der Waals surface area contributed by atoms with Crippen molar-refractivity contribution in [1.82, 2.24) is 4.98 Å². The van der Waals surface area contributed by atoms with Crippen LogP contribution in [0, 0.1) is 0 Å². The van der Waals surface area contributed by atoms with E-state index in [9.17, 15) is 14.7 Å². The first kappa shape index (κ1) is 27.6. The molecule has 0 aliphatic carbocycles. The lowest BCUT2D eigenvalue weighted by atomic mass is 9.94. The zero-order valence-electron chi connectivity index (χ0n) is 23.7. The number of ketones is 1. The summed E-state index contributed by atoms with van der Waals surface area (Å²) in [6.45, 7) is 6.69. The van der Waals surface area contributed by atoms with Gasteiger partial charge in [0.15, 0.2) is 16.6 Å². The van der Waals surface area contributed by atoms with Crippen molar-refractivity contribution < 1.29 is 33.6 Å². The number of ether oxygens (including phenoxy) is 4. The van der Waals surface area contributed by atoms with E-state index in [1.807, 2.05) is 45.0 Å². The molecule has 3 heterocycles.